The molecule has 1 N–H and O–H groups in total. The highest BCUT2D eigenvalue weighted by atomic mass is 16.6. The Labute approximate surface area is 155 Å². The van der Waals surface area contributed by atoms with Crippen molar-refractivity contribution in [3.63, 3.8) is 0 Å². The van der Waals surface area contributed by atoms with Crippen molar-refractivity contribution in [1.82, 2.24) is 0 Å². The van der Waals surface area contributed by atoms with Gasteiger partial charge in [0, 0.05) is 0 Å². The van der Waals surface area contributed by atoms with E-state index in [1.165, 1.54) is 25.3 Å². The molecule has 0 radical (unpaired) electrons. The van der Waals surface area contributed by atoms with E-state index >= 15 is 0 Å². The fourth-order valence-corrected chi connectivity index (χ4v) is 2.45. The molecule has 27 heavy (non-hydrogen) atoms. The van der Waals surface area contributed by atoms with Gasteiger partial charge in [-0.1, -0.05) is 12.1 Å². The standard InChI is InChI=1S/C19H17NO7/c1-24-19(23)13-4-2-3-5-14(13)20-17(21)11-27-18(22)12-6-7-15-16(10-12)26-9-8-25-15/h2-7,10H,8-9,11H2,1H3,(H,20,21). The predicted octanol–water partition coefficient (Wildman–Crippen LogP) is 2.04. The van der Waals surface area contributed by atoms with E-state index in [9.17, 15) is 14.4 Å². The number of esters is 2. The van der Waals surface area contributed by atoms with Crippen LogP contribution in [-0.2, 0) is 14.3 Å². The third-order valence-electron chi connectivity index (χ3n) is 3.72. The van der Waals surface area contributed by atoms with Crippen LogP contribution in [0.15, 0.2) is 42.5 Å². The topological polar surface area (TPSA) is 100 Å². The Morgan fingerprint density at radius 2 is 1.74 bits per heavy atom. The largest absolute Gasteiger partial charge is 0.486 e. The molecule has 1 aliphatic rings. The Morgan fingerprint density at radius 1 is 1.00 bits per heavy atom. The number of methoxy groups -OCH3 is 1. The summed E-state index contributed by atoms with van der Waals surface area (Å²) in [7, 11) is 1.25. The Balaban J connectivity index is 1.60. The van der Waals surface area contributed by atoms with E-state index < -0.39 is 24.5 Å². The zero-order valence-electron chi connectivity index (χ0n) is 14.5. The minimum absolute atomic E-state index is 0.200. The second-order valence-electron chi connectivity index (χ2n) is 5.52. The molecule has 3 rings (SSSR count). The van der Waals surface area contributed by atoms with Gasteiger partial charge >= 0.3 is 11.9 Å². The van der Waals surface area contributed by atoms with Crippen molar-refractivity contribution < 1.29 is 33.3 Å². The first-order chi connectivity index (χ1) is 13.1. The number of benzene rings is 2. The first-order valence-electron chi connectivity index (χ1n) is 8.12. The van der Waals surface area contributed by atoms with Gasteiger partial charge in [0.25, 0.3) is 5.91 Å². The van der Waals surface area contributed by atoms with Gasteiger partial charge in [-0.05, 0) is 30.3 Å². The number of rotatable bonds is 5. The van der Waals surface area contributed by atoms with Crippen LogP contribution in [0.1, 0.15) is 20.7 Å². The quantitative estimate of drug-likeness (QED) is 0.803. The average Bonchev–Trinajstić information content (AvgIpc) is 2.71. The van der Waals surface area contributed by atoms with Gasteiger partial charge in [-0.15, -0.1) is 0 Å². The Bertz CT molecular complexity index is 878. The van der Waals surface area contributed by atoms with Crippen LogP contribution in [0, 0.1) is 0 Å². The third-order valence-corrected chi connectivity index (χ3v) is 3.72. The fourth-order valence-electron chi connectivity index (χ4n) is 2.45. The van der Waals surface area contributed by atoms with Gasteiger partial charge in [0.05, 0.1) is 23.9 Å². The summed E-state index contributed by atoms with van der Waals surface area (Å²) in [6.07, 6.45) is 0. The molecule has 1 amide bonds. The summed E-state index contributed by atoms with van der Waals surface area (Å²) >= 11 is 0. The zero-order valence-corrected chi connectivity index (χ0v) is 14.5. The van der Waals surface area contributed by atoms with E-state index in [4.69, 9.17) is 14.2 Å². The molecular weight excluding hydrogens is 354 g/mol. The molecule has 0 saturated heterocycles. The fraction of sp³-hybridized carbons (Fsp3) is 0.211. The van der Waals surface area contributed by atoms with Gasteiger partial charge in [0.15, 0.2) is 18.1 Å². The van der Waals surface area contributed by atoms with Crippen molar-refractivity contribution in [3.8, 4) is 11.5 Å². The van der Waals surface area contributed by atoms with Crippen molar-refractivity contribution in [3.05, 3.63) is 53.6 Å². The molecule has 0 unspecified atom stereocenters. The van der Waals surface area contributed by atoms with E-state index in [1.807, 2.05) is 0 Å². The summed E-state index contributed by atoms with van der Waals surface area (Å²) in [4.78, 5) is 35.9. The summed E-state index contributed by atoms with van der Waals surface area (Å²) < 4.78 is 20.5. The predicted molar refractivity (Wildman–Crippen MR) is 94.1 cm³/mol. The van der Waals surface area contributed by atoms with Gasteiger partial charge in [0.2, 0.25) is 0 Å². The average molecular weight is 371 g/mol. The van der Waals surface area contributed by atoms with Crippen LogP contribution in [-0.4, -0.2) is 44.8 Å². The number of ether oxygens (including phenoxy) is 4. The third kappa shape index (κ3) is 4.35. The Hall–Kier alpha value is -3.55. The van der Waals surface area contributed by atoms with E-state index in [-0.39, 0.29) is 16.8 Å². The van der Waals surface area contributed by atoms with Crippen LogP contribution in [0.4, 0.5) is 5.69 Å². The van der Waals surface area contributed by atoms with Crippen molar-refractivity contribution >= 4 is 23.5 Å². The lowest BCUT2D eigenvalue weighted by molar-refractivity contribution is -0.119. The highest BCUT2D eigenvalue weighted by Crippen LogP contribution is 2.30. The van der Waals surface area contributed by atoms with Gasteiger partial charge in [-0.25, -0.2) is 9.59 Å². The number of hydrogen-bond donors (Lipinski definition) is 1. The molecular formula is C19H17NO7. The molecule has 0 aliphatic carbocycles. The summed E-state index contributed by atoms with van der Waals surface area (Å²) in [6, 6.07) is 11.0. The van der Waals surface area contributed by atoms with Crippen LogP contribution in [0.25, 0.3) is 0 Å². The Kier molecular flexibility index (Phi) is 5.55. The molecule has 2 aromatic carbocycles. The highest BCUT2D eigenvalue weighted by Gasteiger charge is 2.18. The molecule has 0 aromatic heterocycles. The maximum Gasteiger partial charge on any atom is 0.339 e. The summed E-state index contributed by atoms with van der Waals surface area (Å²) in [5.74, 6) is -0.845. The smallest absolute Gasteiger partial charge is 0.339 e. The molecule has 0 bridgehead atoms. The molecule has 1 aliphatic heterocycles. The number of nitrogens with one attached hydrogen (secondary N) is 1. The number of amides is 1. The van der Waals surface area contributed by atoms with E-state index in [0.29, 0.717) is 24.7 Å². The van der Waals surface area contributed by atoms with E-state index in [2.05, 4.69) is 10.1 Å². The second-order valence-corrected chi connectivity index (χ2v) is 5.52. The maximum absolute atomic E-state index is 12.1. The molecule has 0 spiro atoms. The zero-order chi connectivity index (χ0) is 19.2. The minimum Gasteiger partial charge on any atom is -0.486 e. The summed E-state index contributed by atoms with van der Waals surface area (Å²) in [6.45, 7) is 0.334. The number of anilines is 1. The summed E-state index contributed by atoms with van der Waals surface area (Å²) in [5.41, 5.74) is 0.707. The van der Waals surface area contributed by atoms with Gasteiger partial charge in [-0.3, -0.25) is 4.79 Å². The number of carbonyl (C=O) groups excluding carboxylic acids is 3. The number of fused-ring (bicyclic) bond motifs is 1. The molecule has 1 heterocycles. The van der Waals surface area contributed by atoms with E-state index in [1.54, 1.807) is 24.3 Å². The highest BCUT2D eigenvalue weighted by molar-refractivity contribution is 6.02. The number of para-hydroxylation sites is 1. The number of hydrogen-bond acceptors (Lipinski definition) is 7. The summed E-state index contributed by atoms with van der Waals surface area (Å²) in [5, 5.41) is 2.52. The first-order valence-corrected chi connectivity index (χ1v) is 8.12. The van der Waals surface area contributed by atoms with Crippen molar-refractivity contribution in [2.24, 2.45) is 0 Å². The lowest BCUT2D eigenvalue weighted by Crippen LogP contribution is -2.22. The molecule has 0 atom stereocenters. The maximum atomic E-state index is 12.1. The van der Waals surface area contributed by atoms with Crippen LogP contribution in [0.2, 0.25) is 0 Å². The van der Waals surface area contributed by atoms with Crippen molar-refractivity contribution in [1.29, 1.82) is 0 Å². The monoisotopic (exact) mass is 371 g/mol. The second kappa shape index (κ2) is 8.22. The van der Waals surface area contributed by atoms with Crippen LogP contribution in [0.5, 0.6) is 11.5 Å². The van der Waals surface area contributed by atoms with Crippen molar-refractivity contribution in [2.45, 2.75) is 0 Å². The van der Waals surface area contributed by atoms with Crippen LogP contribution < -0.4 is 14.8 Å². The van der Waals surface area contributed by atoms with Crippen LogP contribution >= 0.6 is 0 Å². The minimum atomic E-state index is -0.677. The molecule has 0 fully saturated rings. The van der Waals surface area contributed by atoms with Gasteiger partial charge in [-0.2, -0.15) is 0 Å². The first kappa shape index (κ1) is 18.2. The lowest BCUT2D eigenvalue weighted by atomic mass is 10.2. The molecule has 2 aromatic rings. The number of carbonyl (C=O) groups is 3. The molecule has 0 saturated carbocycles. The van der Waals surface area contributed by atoms with Crippen LogP contribution in [0.3, 0.4) is 0 Å². The van der Waals surface area contributed by atoms with Gasteiger partial charge in [0.1, 0.15) is 13.2 Å². The van der Waals surface area contributed by atoms with Gasteiger partial charge < -0.3 is 24.3 Å². The SMILES string of the molecule is COC(=O)c1ccccc1NC(=O)COC(=O)c1ccc2c(c1)OCCO2. The van der Waals surface area contributed by atoms with Crippen molar-refractivity contribution in [2.75, 3.05) is 32.2 Å². The lowest BCUT2D eigenvalue weighted by Gasteiger charge is -2.18. The molecule has 140 valence electrons. The van der Waals surface area contributed by atoms with E-state index in [0.717, 1.165) is 0 Å². The molecule has 8 nitrogen and oxygen atoms in total. The normalized spacial score (nSPS) is 12.0. The Morgan fingerprint density at radius 3 is 2.52 bits per heavy atom. The molecule has 8 heteroatoms.